The van der Waals surface area contributed by atoms with Gasteiger partial charge >= 0.3 is 0 Å². The molecule has 0 amide bonds. The number of aryl methyl sites for hydroxylation is 1. The van der Waals surface area contributed by atoms with E-state index in [1.165, 1.54) is 32.1 Å². The highest BCUT2D eigenvalue weighted by Crippen LogP contribution is 2.42. The van der Waals surface area contributed by atoms with E-state index in [4.69, 9.17) is 0 Å². The summed E-state index contributed by atoms with van der Waals surface area (Å²) in [5.41, 5.74) is 8.54. The van der Waals surface area contributed by atoms with Crippen molar-refractivity contribution in [2.45, 2.75) is 92.4 Å². The Morgan fingerprint density at radius 2 is 1.60 bits per heavy atom. The zero-order valence-corrected chi connectivity index (χ0v) is 14.8. The Hall–Kier alpha value is -0.780. The van der Waals surface area contributed by atoms with Crippen LogP contribution in [0, 0.1) is 0 Å². The number of hydrogen-bond acceptors (Lipinski definition) is 0. The molecule has 0 spiro atoms. The van der Waals surface area contributed by atoms with Crippen LogP contribution >= 0.6 is 0 Å². The first-order valence-electron chi connectivity index (χ1n) is 8.86. The molecule has 0 N–H and O–H groups in total. The van der Waals surface area contributed by atoms with E-state index >= 15 is 0 Å². The third kappa shape index (κ3) is 3.10. The van der Waals surface area contributed by atoms with Crippen molar-refractivity contribution >= 4 is 0 Å². The fourth-order valence-electron chi connectivity index (χ4n) is 3.78. The van der Waals surface area contributed by atoms with Crippen molar-refractivity contribution in [3.8, 4) is 0 Å². The van der Waals surface area contributed by atoms with Crippen LogP contribution in [0.1, 0.15) is 101 Å². The van der Waals surface area contributed by atoms with Gasteiger partial charge < -0.3 is 0 Å². The molecular formula is C20H34. The Labute approximate surface area is 127 Å². The SMILES string of the molecule is CC.CC.CC(C)c1c2c(cc3c1CCC3C)CCC2. The van der Waals surface area contributed by atoms with E-state index in [1.54, 1.807) is 27.8 Å². The number of rotatable bonds is 1. The van der Waals surface area contributed by atoms with Gasteiger partial charge in [0.25, 0.3) is 0 Å². The smallest absolute Gasteiger partial charge is 0.0184 e. The minimum absolute atomic E-state index is 0.715. The van der Waals surface area contributed by atoms with Crippen LogP contribution in [0.4, 0.5) is 0 Å². The van der Waals surface area contributed by atoms with Crippen LogP contribution in [0.3, 0.4) is 0 Å². The van der Waals surface area contributed by atoms with Crippen LogP contribution < -0.4 is 0 Å². The molecule has 1 atom stereocenters. The van der Waals surface area contributed by atoms with Crippen LogP contribution in [0.5, 0.6) is 0 Å². The molecule has 114 valence electrons. The van der Waals surface area contributed by atoms with Crippen molar-refractivity contribution in [2.24, 2.45) is 0 Å². The maximum Gasteiger partial charge on any atom is -0.0184 e. The van der Waals surface area contributed by atoms with Crippen molar-refractivity contribution in [1.82, 2.24) is 0 Å². The average molecular weight is 274 g/mol. The second-order valence-corrected chi connectivity index (χ2v) is 5.94. The lowest BCUT2D eigenvalue weighted by Crippen LogP contribution is -2.03. The standard InChI is InChI=1S/C16H22.2C2H6/c1-10(2)16-13-6-4-5-12(13)9-15-11(3)7-8-14(15)16;2*1-2/h9-11H,4-8H2,1-3H3;2*1-2H3. The van der Waals surface area contributed by atoms with E-state index in [-0.39, 0.29) is 0 Å². The first-order valence-corrected chi connectivity index (χ1v) is 8.86. The Kier molecular flexibility index (Phi) is 6.79. The summed E-state index contributed by atoms with van der Waals surface area (Å²) in [5, 5.41) is 0. The third-order valence-corrected chi connectivity index (χ3v) is 4.52. The van der Waals surface area contributed by atoms with Crippen LogP contribution in [0.15, 0.2) is 6.07 Å². The number of hydrogen-bond donors (Lipinski definition) is 0. The molecule has 2 aliphatic carbocycles. The van der Waals surface area contributed by atoms with Crippen LogP contribution in [-0.4, -0.2) is 0 Å². The minimum Gasteiger partial charge on any atom is -0.0683 e. The van der Waals surface area contributed by atoms with Gasteiger partial charge in [0.1, 0.15) is 0 Å². The van der Waals surface area contributed by atoms with Crippen LogP contribution in [0.25, 0.3) is 0 Å². The molecular weight excluding hydrogens is 240 g/mol. The lowest BCUT2D eigenvalue weighted by molar-refractivity contribution is 0.744. The molecule has 0 saturated heterocycles. The first kappa shape index (κ1) is 17.3. The van der Waals surface area contributed by atoms with Gasteiger partial charge in [-0.25, -0.2) is 0 Å². The highest BCUT2D eigenvalue weighted by molar-refractivity contribution is 5.52. The zero-order chi connectivity index (χ0) is 15.3. The van der Waals surface area contributed by atoms with Crippen molar-refractivity contribution < 1.29 is 0 Å². The van der Waals surface area contributed by atoms with E-state index < -0.39 is 0 Å². The summed E-state index contributed by atoms with van der Waals surface area (Å²) in [4.78, 5) is 0. The Bertz CT molecular complexity index is 426. The van der Waals surface area contributed by atoms with Gasteiger partial charge in [-0.2, -0.15) is 0 Å². The van der Waals surface area contributed by atoms with E-state index in [0.717, 1.165) is 5.92 Å². The summed E-state index contributed by atoms with van der Waals surface area (Å²) in [6, 6.07) is 2.54. The Morgan fingerprint density at radius 3 is 2.20 bits per heavy atom. The largest absolute Gasteiger partial charge is 0.0683 e. The lowest BCUT2D eigenvalue weighted by Gasteiger charge is -2.18. The number of fused-ring (bicyclic) bond motifs is 2. The van der Waals surface area contributed by atoms with Crippen LogP contribution in [-0.2, 0) is 19.3 Å². The highest BCUT2D eigenvalue weighted by atomic mass is 14.3. The van der Waals surface area contributed by atoms with Gasteiger partial charge in [0, 0.05) is 0 Å². The first-order chi connectivity index (χ1) is 9.68. The second kappa shape index (κ2) is 7.86. The molecule has 0 saturated carbocycles. The molecule has 1 aromatic carbocycles. The molecule has 0 fully saturated rings. The van der Waals surface area contributed by atoms with Gasteiger partial charge in [-0.15, -0.1) is 0 Å². The monoisotopic (exact) mass is 274 g/mol. The molecule has 1 aromatic rings. The number of benzene rings is 1. The summed E-state index contributed by atoms with van der Waals surface area (Å²) in [6.07, 6.45) is 6.75. The van der Waals surface area contributed by atoms with E-state index in [9.17, 15) is 0 Å². The fourth-order valence-corrected chi connectivity index (χ4v) is 3.78. The molecule has 20 heavy (non-hydrogen) atoms. The third-order valence-electron chi connectivity index (χ3n) is 4.52. The topological polar surface area (TPSA) is 0 Å². The molecule has 1 unspecified atom stereocenters. The maximum absolute atomic E-state index is 2.54. The van der Waals surface area contributed by atoms with E-state index in [1.807, 2.05) is 27.7 Å². The van der Waals surface area contributed by atoms with Gasteiger partial charge in [0.05, 0.1) is 0 Å². The minimum atomic E-state index is 0.715. The average Bonchev–Trinajstić information content (AvgIpc) is 3.08. The summed E-state index contributed by atoms with van der Waals surface area (Å²) < 4.78 is 0. The van der Waals surface area contributed by atoms with Gasteiger partial charge in [-0.05, 0) is 71.8 Å². The molecule has 0 radical (unpaired) electrons. The summed E-state index contributed by atoms with van der Waals surface area (Å²) in [6.45, 7) is 15.1. The van der Waals surface area contributed by atoms with Gasteiger partial charge in [0.2, 0.25) is 0 Å². The highest BCUT2D eigenvalue weighted by Gasteiger charge is 2.28. The molecule has 2 aliphatic rings. The molecule has 0 aliphatic heterocycles. The molecule has 0 bridgehead atoms. The van der Waals surface area contributed by atoms with Crippen molar-refractivity contribution in [2.75, 3.05) is 0 Å². The zero-order valence-electron chi connectivity index (χ0n) is 14.8. The normalized spacial score (nSPS) is 18.7. The van der Waals surface area contributed by atoms with Crippen molar-refractivity contribution in [3.63, 3.8) is 0 Å². The van der Waals surface area contributed by atoms with Crippen molar-refractivity contribution in [1.29, 1.82) is 0 Å². The van der Waals surface area contributed by atoms with Crippen molar-refractivity contribution in [3.05, 3.63) is 33.9 Å². The molecule has 0 heteroatoms. The Balaban J connectivity index is 0.000000461. The van der Waals surface area contributed by atoms with Gasteiger partial charge in [0.15, 0.2) is 0 Å². The summed E-state index contributed by atoms with van der Waals surface area (Å²) in [5.74, 6) is 1.52. The fraction of sp³-hybridized carbons (Fsp3) is 0.700. The lowest BCUT2D eigenvalue weighted by atomic mass is 9.86. The Morgan fingerprint density at radius 1 is 0.950 bits per heavy atom. The molecule has 3 rings (SSSR count). The van der Waals surface area contributed by atoms with E-state index in [0.29, 0.717) is 5.92 Å². The summed E-state index contributed by atoms with van der Waals surface area (Å²) >= 11 is 0. The maximum atomic E-state index is 2.54. The van der Waals surface area contributed by atoms with Gasteiger partial charge in [-0.3, -0.25) is 0 Å². The molecule has 0 aromatic heterocycles. The van der Waals surface area contributed by atoms with E-state index in [2.05, 4.69) is 26.8 Å². The second-order valence-electron chi connectivity index (χ2n) is 5.94. The predicted octanol–water partition coefficient (Wildman–Crippen LogP) is 6.40. The quantitative estimate of drug-likeness (QED) is 0.555. The van der Waals surface area contributed by atoms with Gasteiger partial charge in [-0.1, -0.05) is 54.5 Å². The van der Waals surface area contributed by atoms with Crippen LogP contribution in [0.2, 0.25) is 0 Å². The molecule has 0 heterocycles. The predicted molar refractivity (Wildman–Crippen MR) is 92.0 cm³/mol. The molecule has 0 nitrogen and oxygen atoms in total. The summed E-state index contributed by atoms with van der Waals surface area (Å²) in [7, 11) is 0.